The lowest BCUT2D eigenvalue weighted by Gasteiger charge is -2.33. The second-order valence-electron chi connectivity index (χ2n) is 8.39. The summed E-state index contributed by atoms with van der Waals surface area (Å²) in [5.41, 5.74) is 5.61. The summed E-state index contributed by atoms with van der Waals surface area (Å²) in [6, 6.07) is 2.32. The number of carbonyl (C=O) groups is 2. The SMILES string of the molecule is CC(C)C[C@@H](C(N)=O)N(CCCNS(=O)(=O)c1ccc(F)cc1Cl)C(=O)C1CCCC1. The van der Waals surface area contributed by atoms with Crippen LogP contribution in [-0.2, 0) is 19.6 Å². The van der Waals surface area contributed by atoms with Gasteiger partial charge in [-0.2, -0.15) is 0 Å². The lowest BCUT2D eigenvalue weighted by atomic mass is 9.98. The van der Waals surface area contributed by atoms with E-state index in [9.17, 15) is 22.4 Å². The average Bonchev–Trinajstić information content (AvgIpc) is 3.20. The van der Waals surface area contributed by atoms with E-state index in [0.717, 1.165) is 43.9 Å². The first-order valence-electron chi connectivity index (χ1n) is 10.6. The molecule has 0 heterocycles. The van der Waals surface area contributed by atoms with Gasteiger partial charge in [-0.3, -0.25) is 9.59 Å². The summed E-state index contributed by atoms with van der Waals surface area (Å²) in [6.45, 7) is 4.14. The number of halogens is 2. The highest BCUT2D eigenvalue weighted by molar-refractivity contribution is 7.89. The molecule has 7 nitrogen and oxygen atoms in total. The maximum Gasteiger partial charge on any atom is 0.242 e. The summed E-state index contributed by atoms with van der Waals surface area (Å²) in [7, 11) is -3.94. The van der Waals surface area contributed by atoms with Crippen LogP contribution in [0.1, 0.15) is 52.4 Å². The van der Waals surface area contributed by atoms with Gasteiger partial charge in [0, 0.05) is 19.0 Å². The summed E-state index contributed by atoms with van der Waals surface area (Å²) in [5.74, 6) is -1.24. The van der Waals surface area contributed by atoms with E-state index in [1.165, 1.54) is 4.90 Å². The van der Waals surface area contributed by atoms with Crippen molar-refractivity contribution >= 4 is 33.4 Å². The quantitative estimate of drug-likeness (QED) is 0.479. The highest BCUT2D eigenvalue weighted by Gasteiger charge is 2.34. The number of amides is 2. The van der Waals surface area contributed by atoms with Gasteiger partial charge < -0.3 is 10.6 Å². The molecule has 0 bridgehead atoms. The minimum absolute atomic E-state index is 0.0254. The molecule has 1 aromatic carbocycles. The molecule has 1 aliphatic rings. The number of hydrogen-bond donors (Lipinski definition) is 2. The van der Waals surface area contributed by atoms with E-state index >= 15 is 0 Å². The fraction of sp³-hybridized carbons (Fsp3) is 0.619. The van der Waals surface area contributed by atoms with E-state index in [-0.39, 0.29) is 40.8 Å². The van der Waals surface area contributed by atoms with Gasteiger partial charge in [0.25, 0.3) is 0 Å². The summed E-state index contributed by atoms with van der Waals surface area (Å²) < 4.78 is 40.5. The zero-order chi connectivity index (χ0) is 23.2. The lowest BCUT2D eigenvalue weighted by molar-refractivity contribution is -0.143. The normalized spacial score (nSPS) is 15.9. The minimum atomic E-state index is -3.94. The molecule has 3 N–H and O–H groups in total. The number of sulfonamides is 1. The molecule has 1 aliphatic carbocycles. The summed E-state index contributed by atoms with van der Waals surface area (Å²) in [4.78, 5) is 26.5. The van der Waals surface area contributed by atoms with Crippen LogP contribution in [0, 0.1) is 17.7 Å². The van der Waals surface area contributed by atoms with Crippen molar-refractivity contribution in [2.45, 2.75) is 63.3 Å². The van der Waals surface area contributed by atoms with E-state index in [2.05, 4.69) is 4.72 Å². The van der Waals surface area contributed by atoms with Crippen molar-refractivity contribution in [1.82, 2.24) is 9.62 Å². The number of nitrogens with one attached hydrogen (secondary N) is 1. The second-order valence-corrected chi connectivity index (χ2v) is 10.5. The molecule has 0 aliphatic heterocycles. The molecular formula is C21H31ClFN3O4S. The zero-order valence-electron chi connectivity index (χ0n) is 17.9. The third-order valence-corrected chi connectivity index (χ3v) is 7.38. The fourth-order valence-corrected chi connectivity index (χ4v) is 5.50. The fourth-order valence-electron chi connectivity index (χ4n) is 3.90. The summed E-state index contributed by atoms with van der Waals surface area (Å²) >= 11 is 5.85. The van der Waals surface area contributed by atoms with Crippen molar-refractivity contribution in [1.29, 1.82) is 0 Å². The Bertz CT molecular complexity index is 889. The molecule has 2 rings (SSSR count). The molecule has 1 saturated carbocycles. The second kappa shape index (κ2) is 11.2. The Hall–Kier alpha value is -1.71. The largest absolute Gasteiger partial charge is 0.368 e. The number of carbonyl (C=O) groups excluding carboxylic acids is 2. The van der Waals surface area contributed by atoms with Crippen molar-refractivity contribution in [2.75, 3.05) is 13.1 Å². The number of nitrogens with zero attached hydrogens (tertiary/aromatic N) is 1. The number of hydrogen-bond acceptors (Lipinski definition) is 4. The van der Waals surface area contributed by atoms with E-state index in [0.29, 0.717) is 12.8 Å². The van der Waals surface area contributed by atoms with Crippen molar-refractivity contribution in [3.8, 4) is 0 Å². The first kappa shape index (κ1) is 25.5. The highest BCUT2D eigenvalue weighted by Crippen LogP contribution is 2.28. The molecule has 31 heavy (non-hydrogen) atoms. The van der Waals surface area contributed by atoms with Crippen molar-refractivity contribution in [3.05, 3.63) is 29.0 Å². The number of nitrogens with two attached hydrogens (primary N) is 1. The molecule has 1 fully saturated rings. The van der Waals surface area contributed by atoms with Crippen LogP contribution in [-0.4, -0.2) is 44.3 Å². The van der Waals surface area contributed by atoms with Gasteiger partial charge in [-0.1, -0.05) is 38.3 Å². The molecule has 174 valence electrons. The molecule has 10 heteroatoms. The van der Waals surface area contributed by atoms with Crippen LogP contribution in [0.2, 0.25) is 5.02 Å². The van der Waals surface area contributed by atoms with E-state index in [4.69, 9.17) is 17.3 Å². The molecule has 0 radical (unpaired) electrons. The van der Waals surface area contributed by atoms with Crippen LogP contribution in [0.25, 0.3) is 0 Å². The van der Waals surface area contributed by atoms with Crippen LogP contribution < -0.4 is 10.5 Å². The van der Waals surface area contributed by atoms with E-state index in [1.54, 1.807) is 0 Å². The molecule has 1 atom stereocenters. The van der Waals surface area contributed by atoms with Gasteiger partial charge in [0.1, 0.15) is 16.8 Å². The molecule has 0 saturated heterocycles. The first-order chi connectivity index (χ1) is 14.5. The van der Waals surface area contributed by atoms with Crippen LogP contribution in [0.4, 0.5) is 4.39 Å². The van der Waals surface area contributed by atoms with Crippen LogP contribution in [0.15, 0.2) is 23.1 Å². The maximum atomic E-state index is 13.2. The average molecular weight is 476 g/mol. The third-order valence-electron chi connectivity index (χ3n) is 5.44. The van der Waals surface area contributed by atoms with Crippen molar-refractivity contribution in [2.24, 2.45) is 17.6 Å². The number of benzene rings is 1. The molecule has 1 aromatic rings. The Morgan fingerprint density at radius 2 is 1.94 bits per heavy atom. The molecule has 0 spiro atoms. The van der Waals surface area contributed by atoms with E-state index < -0.39 is 27.8 Å². The van der Waals surface area contributed by atoms with Gasteiger partial charge in [0.2, 0.25) is 21.8 Å². The van der Waals surface area contributed by atoms with Gasteiger partial charge in [0.15, 0.2) is 0 Å². The maximum absolute atomic E-state index is 13.2. The van der Waals surface area contributed by atoms with Gasteiger partial charge in [0.05, 0.1) is 5.02 Å². The molecule has 0 aromatic heterocycles. The smallest absolute Gasteiger partial charge is 0.242 e. The summed E-state index contributed by atoms with van der Waals surface area (Å²) in [5, 5.41) is -0.212. The standard InChI is InChI=1S/C21H31ClFN3O4S/c1-14(2)12-18(20(24)27)26(21(28)15-6-3-4-7-15)11-5-10-25-31(29,30)19-9-8-16(23)13-17(19)22/h8-9,13-15,18,25H,3-7,10-12H2,1-2H3,(H2,24,27)/t18-/m0/s1. The topological polar surface area (TPSA) is 110 Å². The Morgan fingerprint density at radius 1 is 1.29 bits per heavy atom. The Morgan fingerprint density at radius 3 is 2.48 bits per heavy atom. The van der Waals surface area contributed by atoms with Crippen LogP contribution in [0.3, 0.4) is 0 Å². The van der Waals surface area contributed by atoms with Crippen molar-refractivity contribution in [3.63, 3.8) is 0 Å². The van der Waals surface area contributed by atoms with Gasteiger partial charge in [-0.05, 0) is 49.8 Å². The predicted octanol–water partition coefficient (Wildman–Crippen LogP) is 3.07. The molecule has 0 unspecified atom stereocenters. The Balaban J connectivity index is 2.06. The Kier molecular flexibility index (Phi) is 9.27. The van der Waals surface area contributed by atoms with E-state index in [1.807, 2.05) is 13.8 Å². The monoisotopic (exact) mass is 475 g/mol. The van der Waals surface area contributed by atoms with Gasteiger partial charge in [-0.15, -0.1) is 0 Å². The molecular weight excluding hydrogens is 445 g/mol. The highest BCUT2D eigenvalue weighted by atomic mass is 35.5. The summed E-state index contributed by atoms with van der Waals surface area (Å²) in [6.07, 6.45) is 4.28. The minimum Gasteiger partial charge on any atom is -0.368 e. The van der Waals surface area contributed by atoms with Gasteiger partial charge in [-0.25, -0.2) is 17.5 Å². The van der Waals surface area contributed by atoms with Crippen LogP contribution >= 0.6 is 11.6 Å². The number of primary amides is 1. The number of rotatable bonds is 11. The zero-order valence-corrected chi connectivity index (χ0v) is 19.5. The van der Waals surface area contributed by atoms with Crippen molar-refractivity contribution < 1.29 is 22.4 Å². The Labute approximate surface area is 188 Å². The first-order valence-corrected chi connectivity index (χ1v) is 12.4. The lowest BCUT2D eigenvalue weighted by Crippen LogP contribution is -2.51. The molecule has 2 amide bonds. The van der Waals surface area contributed by atoms with Gasteiger partial charge >= 0.3 is 0 Å². The van der Waals surface area contributed by atoms with Crippen LogP contribution in [0.5, 0.6) is 0 Å². The predicted molar refractivity (Wildman–Crippen MR) is 117 cm³/mol. The third kappa shape index (κ3) is 7.15.